The predicted molar refractivity (Wildman–Crippen MR) is 92.8 cm³/mol. The zero-order valence-electron chi connectivity index (χ0n) is 15.2. The predicted octanol–water partition coefficient (Wildman–Crippen LogP) is 3.36. The zero-order chi connectivity index (χ0) is 19.2. The van der Waals surface area contributed by atoms with Crippen LogP contribution in [0.5, 0.6) is 0 Å². The maximum absolute atomic E-state index is 14.1. The largest absolute Gasteiger partial charge is 0.478 e. The van der Waals surface area contributed by atoms with Crippen LogP contribution in [0.2, 0.25) is 0 Å². The first kappa shape index (κ1) is 18.2. The van der Waals surface area contributed by atoms with Gasteiger partial charge in [-0.3, -0.25) is 4.68 Å². The van der Waals surface area contributed by atoms with Crippen LogP contribution in [-0.2, 0) is 4.74 Å². The second-order valence-corrected chi connectivity index (χ2v) is 7.55. The summed E-state index contributed by atoms with van der Waals surface area (Å²) in [5.74, 6) is -2.11. The Kier molecular flexibility index (Phi) is 4.37. The third-order valence-corrected chi connectivity index (χ3v) is 4.37. The number of ether oxygens (including phenoxy) is 1. The maximum atomic E-state index is 14.1. The number of hydrogen-bond acceptors (Lipinski definition) is 4. The number of carbonyl (C=O) groups is 2. The Morgan fingerprint density at radius 2 is 2.04 bits per heavy atom. The Balaban J connectivity index is 1.89. The van der Waals surface area contributed by atoms with Crippen LogP contribution in [-0.4, -0.2) is 50.5 Å². The molecule has 1 unspecified atom stereocenters. The smallest absolute Gasteiger partial charge is 0.410 e. The molecule has 1 amide bonds. The van der Waals surface area contributed by atoms with Crippen LogP contribution in [0.15, 0.2) is 12.1 Å². The summed E-state index contributed by atoms with van der Waals surface area (Å²) in [6.45, 7) is 8.12. The minimum Gasteiger partial charge on any atom is -0.478 e. The molecule has 0 spiro atoms. The number of carbonyl (C=O) groups excluding carboxylic acids is 1. The fourth-order valence-corrected chi connectivity index (χ4v) is 3.19. The quantitative estimate of drug-likeness (QED) is 0.884. The Labute approximate surface area is 150 Å². The molecule has 26 heavy (non-hydrogen) atoms. The summed E-state index contributed by atoms with van der Waals surface area (Å²) in [5.41, 5.74) is 0.210. The highest BCUT2D eigenvalue weighted by Gasteiger charge is 2.32. The van der Waals surface area contributed by atoms with Crippen molar-refractivity contribution in [2.24, 2.45) is 0 Å². The van der Waals surface area contributed by atoms with Crippen molar-refractivity contribution in [3.8, 4) is 0 Å². The maximum Gasteiger partial charge on any atom is 0.410 e. The van der Waals surface area contributed by atoms with Gasteiger partial charge in [-0.25, -0.2) is 14.0 Å². The highest BCUT2D eigenvalue weighted by Crippen LogP contribution is 2.30. The van der Waals surface area contributed by atoms with Gasteiger partial charge in [-0.15, -0.1) is 0 Å². The number of amides is 1. The van der Waals surface area contributed by atoms with Crippen molar-refractivity contribution >= 4 is 23.0 Å². The number of rotatable bonds is 2. The molecular weight excluding hydrogens is 341 g/mol. The SMILES string of the molecule is Cc1nn(C2CCN(C(=O)OC(C)(C)C)C2)c2cc(F)c(C(=O)O)cc12. The molecule has 1 aliphatic rings. The number of carboxylic acid groups (broad SMARTS) is 1. The lowest BCUT2D eigenvalue weighted by atomic mass is 10.1. The molecular formula is C18H22FN3O4. The highest BCUT2D eigenvalue weighted by molar-refractivity contribution is 5.94. The van der Waals surface area contributed by atoms with Gasteiger partial charge in [-0.1, -0.05) is 0 Å². The molecule has 1 aliphatic heterocycles. The van der Waals surface area contributed by atoms with Gasteiger partial charge in [0.1, 0.15) is 11.4 Å². The van der Waals surface area contributed by atoms with E-state index in [1.807, 2.05) is 20.8 Å². The first-order valence-electron chi connectivity index (χ1n) is 8.46. The van der Waals surface area contributed by atoms with E-state index in [2.05, 4.69) is 5.10 Å². The van der Waals surface area contributed by atoms with E-state index in [9.17, 15) is 14.0 Å². The zero-order valence-corrected chi connectivity index (χ0v) is 15.2. The molecule has 1 aromatic heterocycles. The Hall–Kier alpha value is -2.64. The monoisotopic (exact) mass is 363 g/mol. The first-order valence-corrected chi connectivity index (χ1v) is 8.46. The Morgan fingerprint density at radius 1 is 1.35 bits per heavy atom. The molecule has 1 saturated heterocycles. The summed E-state index contributed by atoms with van der Waals surface area (Å²) in [5, 5.41) is 14.2. The van der Waals surface area contributed by atoms with E-state index in [1.165, 1.54) is 12.1 Å². The molecule has 2 heterocycles. The van der Waals surface area contributed by atoms with Crippen LogP contribution in [0.1, 0.15) is 49.3 Å². The Bertz CT molecular complexity index is 885. The summed E-state index contributed by atoms with van der Waals surface area (Å²) < 4.78 is 21.2. The van der Waals surface area contributed by atoms with E-state index in [-0.39, 0.29) is 17.7 Å². The normalized spacial score (nSPS) is 17.7. The van der Waals surface area contributed by atoms with Crippen molar-refractivity contribution in [1.82, 2.24) is 14.7 Å². The van der Waals surface area contributed by atoms with E-state index < -0.39 is 17.4 Å². The third-order valence-electron chi connectivity index (χ3n) is 4.37. The van der Waals surface area contributed by atoms with Crippen molar-refractivity contribution < 1.29 is 23.8 Å². The van der Waals surface area contributed by atoms with E-state index >= 15 is 0 Å². The summed E-state index contributed by atoms with van der Waals surface area (Å²) in [4.78, 5) is 25.0. The summed E-state index contributed by atoms with van der Waals surface area (Å²) in [6.07, 6.45) is 0.283. The van der Waals surface area contributed by atoms with E-state index in [1.54, 1.807) is 16.5 Å². The summed E-state index contributed by atoms with van der Waals surface area (Å²) in [7, 11) is 0. The molecule has 0 radical (unpaired) electrons. The molecule has 0 saturated carbocycles. The number of fused-ring (bicyclic) bond motifs is 1. The van der Waals surface area contributed by atoms with Gasteiger partial charge in [0.05, 0.1) is 22.8 Å². The minimum atomic E-state index is -1.31. The molecule has 1 N–H and O–H groups in total. The van der Waals surface area contributed by atoms with E-state index in [0.717, 1.165) is 0 Å². The van der Waals surface area contributed by atoms with Gasteiger partial charge < -0.3 is 14.7 Å². The average molecular weight is 363 g/mol. The molecule has 1 aromatic carbocycles. The number of hydrogen-bond donors (Lipinski definition) is 1. The molecule has 1 fully saturated rings. The van der Waals surface area contributed by atoms with Crippen molar-refractivity contribution in [3.05, 3.63) is 29.2 Å². The van der Waals surface area contributed by atoms with Gasteiger partial charge in [-0.05, 0) is 40.2 Å². The summed E-state index contributed by atoms with van der Waals surface area (Å²) in [6, 6.07) is 2.40. The number of aromatic carboxylic acids is 1. The van der Waals surface area contributed by atoms with Gasteiger partial charge in [0.25, 0.3) is 0 Å². The molecule has 3 rings (SSSR count). The van der Waals surface area contributed by atoms with Gasteiger partial charge in [0.2, 0.25) is 0 Å². The van der Waals surface area contributed by atoms with Crippen molar-refractivity contribution in [2.45, 2.75) is 45.8 Å². The fourth-order valence-electron chi connectivity index (χ4n) is 3.19. The second-order valence-electron chi connectivity index (χ2n) is 7.55. The van der Waals surface area contributed by atoms with Gasteiger partial charge in [-0.2, -0.15) is 5.10 Å². The lowest BCUT2D eigenvalue weighted by Gasteiger charge is -2.24. The lowest BCUT2D eigenvalue weighted by Crippen LogP contribution is -2.35. The topological polar surface area (TPSA) is 84.7 Å². The van der Waals surface area contributed by atoms with Gasteiger partial charge in [0.15, 0.2) is 0 Å². The lowest BCUT2D eigenvalue weighted by molar-refractivity contribution is 0.0288. The molecule has 1 atom stereocenters. The molecule has 140 valence electrons. The molecule has 7 nitrogen and oxygen atoms in total. The van der Waals surface area contributed by atoms with Crippen LogP contribution >= 0.6 is 0 Å². The van der Waals surface area contributed by atoms with Gasteiger partial charge >= 0.3 is 12.1 Å². The van der Waals surface area contributed by atoms with Crippen molar-refractivity contribution in [2.75, 3.05) is 13.1 Å². The van der Waals surface area contributed by atoms with Crippen LogP contribution in [0, 0.1) is 12.7 Å². The standard InChI is InChI=1S/C18H22FN3O4/c1-10-12-7-13(16(23)24)14(19)8-15(12)22(20-10)11-5-6-21(9-11)17(25)26-18(2,3)4/h7-8,11H,5-6,9H2,1-4H3,(H,23,24). The number of nitrogens with zero attached hydrogens (tertiary/aromatic N) is 3. The third kappa shape index (κ3) is 3.36. The average Bonchev–Trinajstić information content (AvgIpc) is 3.10. The van der Waals surface area contributed by atoms with E-state index in [4.69, 9.17) is 9.84 Å². The van der Waals surface area contributed by atoms with Crippen LogP contribution < -0.4 is 0 Å². The van der Waals surface area contributed by atoms with Crippen LogP contribution in [0.4, 0.5) is 9.18 Å². The second kappa shape index (κ2) is 6.26. The molecule has 8 heteroatoms. The van der Waals surface area contributed by atoms with Crippen molar-refractivity contribution in [1.29, 1.82) is 0 Å². The van der Waals surface area contributed by atoms with Crippen LogP contribution in [0.25, 0.3) is 10.9 Å². The molecule has 0 aliphatic carbocycles. The number of aryl methyl sites for hydroxylation is 1. The number of aromatic nitrogens is 2. The number of carboxylic acids is 1. The fraction of sp³-hybridized carbons (Fsp3) is 0.500. The molecule has 0 bridgehead atoms. The van der Waals surface area contributed by atoms with E-state index in [0.29, 0.717) is 36.1 Å². The van der Waals surface area contributed by atoms with Crippen LogP contribution in [0.3, 0.4) is 0 Å². The number of benzene rings is 1. The summed E-state index contributed by atoms with van der Waals surface area (Å²) >= 11 is 0. The van der Waals surface area contributed by atoms with Crippen molar-refractivity contribution in [3.63, 3.8) is 0 Å². The minimum absolute atomic E-state index is 0.117. The molecule has 2 aromatic rings. The Morgan fingerprint density at radius 3 is 2.65 bits per heavy atom. The highest BCUT2D eigenvalue weighted by atomic mass is 19.1. The van der Waals surface area contributed by atoms with Gasteiger partial charge in [0, 0.05) is 24.5 Å². The number of halogens is 1. The first-order chi connectivity index (χ1) is 12.1. The number of likely N-dealkylation sites (tertiary alicyclic amines) is 1.